The minimum absolute atomic E-state index is 0.00999. The molecule has 2 heterocycles. The van der Waals surface area contributed by atoms with Crippen molar-refractivity contribution in [1.82, 2.24) is 19.7 Å². The zero-order valence-corrected chi connectivity index (χ0v) is 17.6. The van der Waals surface area contributed by atoms with Crippen molar-refractivity contribution in [1.29, 1.82) is 0 Å². The highest BCUT2D eigenvalue weighted by Gasteiger charge is 2.22. The van der Waals surface area contributed by atoms with Crippen LogP contribution in [0, 0.1) is 11.6 Å². The number of aromatic nitrogens is 3. The van der Waals surface area contributed by atoms with Crippen molar-refractivity contribution >= 4 is 17.2 Å². The lowest BCUT2D eigenvalue weighted by Gasteiger charge is -2.15. The van der Waals surface area contributed by atoms with Crippen LogP contribution in [0.3, 0.4) is 0 Å². The van der Waals surface area contributed by atoms with E-state index in [-0.39, 0.29) is 23.9 Å². The van der Waals surface area contributed by atoms with Crippen LogP contribution in [-0.4, -0.2) is 39.7 Å². The Morgan fingerprint density at radius 1 is 1.16 bits per heavy atom. The second kappa shape index (κ2) is 8.65. The van der Waals surface area contributed by atoms with E-state index in [1.165, 1.54) is 52.3 Å². The van der Waals surface area contributed by atoms with E-state index >= 15 is 0 Å². The zero-order valence-electron chi connectivity index (χ0n) is 16.8. The van der Waals surface area contributed by atoms with Crippen LogP contribution in [0.2, 0.25) is 0 Å². The van der Waals surface area contributed by atoms with E-state index in [1.807, 2.05) is 17.5 Å². The molecule has 2 aromatic carbocycles. The highest BCUT2D eigenvalue weighted by molar-refractivity contribution is 7.13. The summed E-state index contributed by atoms with van der Waals surface area (Å²) >= 11 is 1.45. The van der Waals surface area contributed by atoms with Crippen molar-refractivity contribution in [2.24, 2.45) is 0 Å². The number of methoxy groups -OCH3 is 1. The van der Waals surface area contributed by atoms with Crippen molar-refractivity contribution in [2.75, 3.05) is 14.2 Å². The van der Waals surface area contributed by atoms with Crippen LogP contribution in [0.5, 0.6) is 5.75 Å². The molecule has 158 valence electrons. The molecule has 0 N–H and O–H groups in total. The molecule has 0 aliphatic rings. The molecule has 0 atom stereocenters. The Morgan fingerprint density at radius 2 is 1.94 bits per heavy atom. The van der Waals surface area contributed by atoms with Gasteiger partial charge in [0.2, 0.25) is 5.82 Å². The third-order valence-electron chi connectivity index (χ3n) is 4.59. The number of hydrogen-bond acceptors (Lipinski definition) is 5. The van der Waals surface area contributed by atoms with Gasteiger partial charge in [-0.25, -0.2) is 18.4 Å². The molecule has 4 aromatic rings. The first-order chi connectivity index (χ1) is 15.0. The summed E-state index contributed by atoms with van der Waals surface area (Å²) < 4.78 is 33.8. The minimum atomic E-state index is -0.500. The number of ether oxygens (including phenoxy) is 1. The van der Waals surface area contributed by atoms with E-state index in [0.29, 0.717) is 17.1 Å². The molecule has 0 aliphatic carbocycles. The number of rotatable bonds is 6. The Balaban J connectivity index is 1.64. The summed E-state index contributed by atoms with van der Waals surface area (Å²) in [6.07, 6.45) is 0. The molecule has 0 bridgehead atoms. The maximum absolute atomic E-state index is 14.0. The van der Waals surface area contributed by atoms with Gasteiger partial charge < -0.3 is 9.64 Å². The van der Waals surface area contributed by atoms with Gasteiger partial charge in [-0.1, -0.05) is 12.1 Å². The Bertz CT molecular complexity index is 1210. The summed E-state index contributed by atoms with van der Waals surface area (Å²) in [6, 6.07) is 14.0. The first-order valence-corrected chi connectivity index (χ1v) is 10.2. The zero-order chi connectivity index (χ0) is 22.0. The van der Waals surface area contributed by atoms with E-state index in [9.17, 15) is 13.6 Å². The van der Waals surface area contributed by atoms with Gasteiger partial charge in [0.25, 0.3) is 5.91 Å². The standard InChI is InChI=1S/C22H18F2N4O2S/c1-27(13-14-5-10-18(30-2)17(24)12-14)22(29)20-25-21(19-4-3-11-31-19)28(26-20)16-8-6-15(23)7-9-16/h3-12H,13H2,1-2H3. The summed E-state index contributed by atoms with van der Waals surface area (Å²) in [4.78, 5) is 19.7. The quantitative estimate of drug-likeness (QED) is 0.441. The monoisotopic (exact) mass is 440 g/mol. The summed E-state index contributed by atoms with van der Waals surface area (Å²) in [5, 5.41) is 6.27. The third kappa shape index (κ3) is 4.31. The molecule has 0 unspecified atom stereocenters. The number of carbonyl (C=O) groups excluding carboxylic acids is 1. The van der Waals surface area contributed by atoms with E-state index in [4.69, 9.17) is 4.74 Å². The van der Waals surface area contributed by atoms with Crippen LogP contribution in [-0.2, 0) is 6.54 Å². The number of halogens is 2. The molecule has 31 heavy (non-hydrogen) atoms. The second-order valence-corrected chi connectivity index (χ2v) is 7.70. The largest absolute Gasteiger partial charge is 0.494 e. The van der Waals surface area contributed by atoms with Gasteiger partial charge in [0, 0.05) is 13.6 Å². The fourth-order valence-corrected chi connectivity index (χ4v) is 3.75. The van der Waals surface area contributed by atoms with E-state index in [2.05, 4.69) is 10.1 Å². The molecule has 1 amide bonds. The van der Waals surface area contributed by atoms with Crippen LogP contribution in [0.4, 0.5) is 8.78 Å². The molecule has 2 aromatic heterocycles. The SMILES string of the molecule is COc1ccc(CN(C)C(=O)c2nc(-c3cccs3)n(-c3ccc(F)cc3)n2)cc1F. The molecular formula is C22H18F2N4O2S. The average molecular weight is 440 g/mol. The average Bonchev–Trinajstić information content (AvgIpc) is 3.44. The van der Waals surface area contributed by atoms with Crippen LogP contribution >= 0.6 is 11.3 Å². The number of hydrogen-bond donors (Lipinski definition) is 0. The molecule has 6 nitrogen and oxygen atoms in total. The molecule has 0 fully saturated rings. The van der Waals surface area contributed by atoms with Crippen molar-refractivity contribution in [3.63, 3.8) is 0 Å². The third-order valence-corrected chi connectivity index (χ3v) is 5.46. The molecule has 0 spiro atoms. The van der Waals surface area contributed by atoms with E-state index < -0.39 is 11.7 Å². The van der Waals surface area contributed by atoms with Gasteiger partial charge in [-0.3, -0.25) is 4.79 Å². The molecular weight excluding hydrogens is 422 g/mol. The number of nitrogens with zero attached hydrogens (tertiary/aromatic N) is 4. The smallest absolute Gasteiger partial charge is 0.293 e. The van der Waals surface area contributed by atoms with Gasteiger partial charge in [0.15, 0.2) is 17.4 Å². The van der Waals surface area contributed by atoms with Gasteiger partial charge >= 0.3 is 0 Å². The number of amides is 1. The lowest BCUT2D eigenvalue weighted by molar-refractivity contribution is 0.0773. The van der Waals surface area contributed by atoms with Gasteiger partial charge in [-0.2, -0.15) is 0 Å². The normalized spacial score (nSPS) is 10.8. The first-order valence-electron chi connectivity index (χ1n) is 9.31. The summed E-state index contributed by atoms with van der Waals surface area (Å²) in [7, 11) is 2.98. The summed E-state index contributed by atoms with van der Waals surface area (Å²) in [5.74, 6) is -0.685. The van der Waals surface area contributed by atoms with Crippen LogP contribution < -0.4 is 4.74 Å². The topological polar surface area (TPSA) is 60.2 Å². The van der Waals surface area contributed by atoms with Gasteiger partial charge in [0.1, 0.15) is 5.82 Å². The summed E-state index contributed by atoms with van der Waals surface area (Å²) in [5.41, 5.74) is 1.18. The maximum atomic E-state index is 14.0. The number of thiophene rings is 1. The predicted octanol–water partition coefficient (Wildman–Crippen LogP) is 4.55. The lowest BCUT2D eigenvalue weighted by Crippen LogP contribution is -2.27. The minimum Gasteiger partial charge on any atom is -0.494 e. The van der Waals surface area contributed by atoms with Crippen LogP contribution in [0.15, 0.2) is 60.0 Å². The lowest BCUT2D eigenvalue weighted by atomic mass is 10.2. The Kier molecular flexibility index (Phi) is 5.77. The first kappa shape index (κ1) is 20.7. The Hall–Kier alpha value is -3.59. The molecule has 0 saturated carbocycles. The van der Waals surface area contributed by atoms with Gasteiger partial charge in [-0.05, 0) is 53.4 Å². The van der Waals surface area contributed by atoms with Crippen LogP contribution in [0.1, 0.15) is 16.2 Å². The van der Waals surface area contributed by atoms with Crippen molar-refractivity contribution in [3.8, 4) is 22.1 Å². The van der Waals surface area contributed by atoms with Gasteiger partial charge in [0.05, 0.1) is 17.7 Å². The fourth-order valence-electron chi connectivity index (χ4n) is 3.05. The van der Waals surface area contributed by atoms with E-state index in [1.54, 1.807) is 25.2 Å². The molecule has 9 heteroatoms. The predicted molar refractivity (Wildman–Crippen MR) is 113 cm³/mol. The second-order valence-electron chi connectivity index (χ2n) is 6.75. The van der Waals surface area contributed by atoms with Gasteiger partial charge in [-0.15, -0.1) is 16.4 Å². The highest BCUT2D eigenvalue weighted by Crippen LogP contribution is 2.26. The van der Waals surface area contributed by atoms with E-state index in [0.717, 1.165) is 4.88 Å². The van der Waals surface area contributed by atoms with Crippen LogP contribution in [0.25, 0.3) is 16.4 Å². The fraction of sp³-hybridized carbons (Fsp3) is 0.136. The number of carbonyl (C=O) groups is 1. The maximum Gasteiger partial charge on any atom is 0.293 e. The molecule has 0 saturated heterocycles. The Morgan fingerprint density at radius 3 is 2.58 bits per heavy atom. The molecule has 0 aliphatic heterocycles. The molecule has 0 radical (unpaired) electrons. The van der Waals surface area contributed by atoms with Crippen molar-refractivity contribution < 1.29 is 18.3 Å². The number of benzene rings is 2. The van der Waals surface area contributed by atoms with Crippen molar-refractivity contribution in [2.45, 2.75) is 6.54 Å². The van der Waals surface area contributed by atoms with Crippen molar-refractivity contribution in [3.05, 3.63) is 83.0 Å². The highest BCUT2D eigenvalue weighted by atomic mass is 32.1. The Labute approximate surface area is 181 Å². The summed E-state index contributed by atoms with van der Waals surface area (Å²) in [6.45, 7) is 0.166. The molecule has 4 rings (SSSR count).